The summed E-state index contributed by atoms with van der Waals surface area (Å²) in [7, 11) is 0. The molecule has 0 bridgehead atoms. The highest BCUT2D eigenvalue weighted by molar-refractivity contribution is 6.05. The summed E-state index contributed by atoms with van der Waals surface area (Å²) in [6, 6.07) is 7.96. The van der Waals surface area contributed by atoms with Crippen LogP contribution in [0.4, 0.5) is 18.9 Å². The Labute approximate surface area is 120 Å². The molecule has 1 amide bonds. The molecule has 0 unspecified atom stereocenters. The van der Waals surface area contributed by atoms with Crippen molar-refractivity contribution in [3.05, 3.63) is 59.7 Å². The highest BCUT2D eigenvalue weighted by atomic mass is 19.3. The number of aromatic nitrogens is 1. The number of pyridine rings is 1. The number of carbonyl (C=O) groups excluding carboxylic acids is 1. The Bertz CT molecular complexity index is 612. The van der Waals surface area contributed by atoms with Gasteiger partial charge in [-0.1, -0.05) is 0 Å². The van der Waals surface area contributed by atoms with Gasteiger partial charge in [-0.15, -0.1) is 0 Å². The second-order valence-corrected chi connectivity index (χ2v) is 4.47. The Balaban J connectivity index is 2.33. The number of amides is 1. The van der Waals surface area contributed by atoms with Crippen molar-refractivity contribution in [3.8, 4) is 0 Å². The van der Waals surface area contributed by atoms with Crippen molar-refractivity contribution in [1.82, 2.24) is 4.98 Å². The maximum atomic E-state index is 12.9. The molecule has 3 nitrogen and oxygen atoms in total. The molecule has 6 heteroatoms. The number of halogens is 3. The molecule has 0 saturated heterocycles. The van der Waals surface area contributed by atoms with Gasteiger partial charge in [0.2, 0.25) is 0 Å². The first-order valence-electron chi connectivity index (χ1n) is 6.25. The van der Waals surface area contributed by atoms with E-state index in [0.29, 0.717) is 5.69 Å². The van der Waals surface area contributed by atoms with E-state index < -0.39 is 24.7 Å². The Kier molecular flexibility index (Phi) is 4.57. The number of hydrogen-bond acceptors (Lipinski definition) is 2. The highest BCUT2D eigenvalue weighted by Gasteiger charge is 2.21. The van der Waals surface area contributed by atoms with Crippen molar-refractivity contribution in [2.24, 2.45) is 0 Å². The summed E-state index contributed by atoms with van der Waals surface area (Å²) in [5.41, 5.74) is 1.13. The summed E-state index contributed by atoms with van der Waals surface area (Å²) in [6.45, 7) is 0.990. The number of anilines is 1. The van der Waals surface area contributed by atoms with E-state index in [-0.39, 0.29) is 11.3 Å². The van der Waals surface area contributed by atoms with Crippen LogP contribution in [0.25, 0.3) is 0 Å². The van der Waals surface area contributed by atoms with E-state index >= 15 is 0 Å². The molecule has 0 aliphatic carbocycles. The quantitative estimate of drug-likeness (QED) is 0.865. The van der Waals surface area contributed by atoms with Crippen LogP contribution in [-0.4, -0.2) is 23.9 Å². The van der Waals surface area contributed by atoms with E-state index in [1.54, 1.807) is 13.0 Å². The van der Waals surface area contributed by atoms with Crippen molar-refractivity contribution >= 4 is 11.6 Å². The van der Waals surface area contributed by atoms with Gasteiger partial charge in [-0.05, 0) is 43.3 Å². The first-order chi connectivity index (χ1) is 9.97. The lowest BCUT2D eigenvalue weighted by molar-refractivity contribution is 0.0945. The van der Waals surface area contributed by atoms with Crippen molar-refractivity contribution in [3.63, 3.8) is 0 Å². The van der Waals surface area contributed by atoms with Gasteiger partial charge in [0, 0.05) is 17.6 Å². The number of aryl methyl sites for hydroxylation is 1. The Morgan fingerprint density at radius 2 is 1.86 bits per heavy atom. The van der Waals surface area contributed by atoms with E-state index in [0.717, 1.165) is 17.0 Å². The van der Waals surface area contributed by atoms with Gasteiger partial charge in [-0.25, -0.2) is 13.2 Å². The summed E-state index contributed by atoms with van der Waals surface area (Å²) >= 11 is 0. The average molecular weight is 294 g/mol. The maximum Gasteiger partial charge on any atom is 0.260 e. The van der Waals surface area contributed by atoms with Crippen molar-refractivity contribution in [2.75, 3.05) is 11.4 Å². The number of carbonyl (C=O) groups is 1. The average Bonchev–Trinajstić information content (AvgIpc) is 2.46. The topological polar surface area (TPSA) is 33.2 Å². The van der Waals surface area contributed by atoms with E-state index in [4.69, 9.17) is 0 Å². The van der Waals surface area contributed by atoms with E-state index in [9.17, 15) is 18.0 Å². The molecule has 0 saturated carbocycles. The maximum absolute atomic E-state index is 12.9. The van der Waals surface area contributed by atoms with Crippen molar-refractivity contribution in [2.45, 2.75) is 13.3 Å². The molecule has 0 spiro atoms. The van der Waals surface area contributed by atoms with Crippen LogP contribution in [0.1, 0.15) is 16.1 Å². The first kappa shape index (κ1) is 15.0. The summed E-state index contributed by atoms with van der Waals surface area (Å²) in [5, 5.41) is 0. The molecule has 2 rings (SSSR count). The highest BCUT2D eigenvalue weighted by Crippen LogP contribution is 2.19. The van der Waals surface area contributed by atoms with Crippen LogP contribution in [0.5, 0.6) is 0 Å². The summed E-state index contributed by atoms with van der Waals surface area (Å²) in [6.07, 6.45) is -1.36. The predicted octanol–water partition coefficient (Wildman–Crippen LogP) is 3.44. The summed E-state index contributed by atoms with van der Waals surface area (Å²) in [5.74, 6) is -1.10. The first-order valence-corrected chi connectivity index (χ1v) is 6.25. The molecule has 0 aliphatic heterocycles. The lowest BCUT2D eigenvalue weighted by Gasteiger charge is -2.22. The second kappa shape index (κ2) is 6.39. The lowest BCUT2D eigenvalue weighted by Crippen LogP contribution is -2.35. The fourth-order valence-corrected chi connectivity index (χ4v) is 1.81. The largest absolute Gasteiger partial charge is 0.303 e. The van der Waals surface area contributed by atoms with Gasteiger partial charge in [0.1, 0.15) is 5.82 Å². The molecule has 1 heterocycles. The van der Waals surface area contributed by atoms with Crippen LogP contribution >= 0.6 is 0 Å². The predicted molar refractivity (Wildman–Crippen MR) is 73.1 cm³/mol. The van der Waals surface area contributed by atoms with E-state index in [1.165, 1.54) is 24.4 Å². The minimum Gasteiger partial charge on any atom is -0.303 e. The SMILES string of the molecule is Cc1ccc(C(=O)N(CC(F)F)c2ccc(F)cc2)cn1. The van der Waals surface area contributed by atoms with Gasteiger partial charge in [0.25, 0.3) is 12.3 Å². The normalized spacial score (nSPS) is 10.7. The van der Waals surface area contributed by atoms with E-state index in [2.05, 4.69) is 4.98 Å². The van der Waals surface area contributed by atoms with Gasteiger partial charge in [-0.3, -0.25) is 9.78 Å². The van der Waals surface area contributed by atoms with Crippen LogP contribution in [-0.2, 0) is 0 Å². The van der Waals surface area contributed by atoms with Crippen LogP contribution in [0.2, 0.25) is 0 Å². The zero-order valence-electron chi connectivity index (χ0n) is 11.3. The van der Waals surface area contributed by atoms with Gasteiger partial charge in [-0.2, -0.15) is 0 Å². The standard InChI is InChI=1S/C15H13F3N2O/c1-10-2-3-11(8-19-10)15(21)20(9-14(17)18)13-6-4-12(16)5-7-13/h2-8,14H,9H2,1H3. The third-order valence-electron chi connectivity index (χ3n) is 2.86. The monoisotopic (exact) mass is 294 g/mol. The molecule has 2 aromatic rings. The number of benzene rings is 1. The van der Waals surface area contributed by atoms with Gasteiger partial charge < -0.3 is 4.90 Å². The van der Waals surface area contributed by atoms with Crippen LogP contribution in [0.15, 0.2) is 42.6 Å². The lowest BCUT2D eigenvalue weighted by atomic mass is 10.2. The van der Waals surface area contributed by atoms with Crippen LogP contribution < -0.4 is 4.90 Å². The third-order valence-corrected chi connectivity index (χ3v) is 2.86. The smallest absolute Gasteiger partial charge is 0.260 e. The second-order valence-electron chi connectivity index (χ2n) is 4.47. The zero-order chi connectivity index (χ0) is 15.4. The summed E-state index contributed by atoms with van der Waals surface area (Å²) in [4.78, 5) is 17.2. The van der Waals surface area contributed by atoms with Gasteiger partial charge >= 0.3 is 0 Å². The Hall–Kier alpha value is -2.37. The van der Waals surface area contributed by atoms with Gasteiger partial charge in [0.05, 0.1) is 12.1 Å². The van der Waals surface area contributed by atoms with E-state index in [1.807, 2.05) is 0 Å². The zero-order valence-corrected chi connectivity index (χ0v) is 11.3. The molecule has 0 radical (unpaired) electrons. The molecule has 110 valence electrons. The molecule has 1 aromatic carbocycles. The number of alkyl halides is 2. The molecule has 0 atom stereocenters. The van der Waals surface area contributed by atoms with Crippen molar-refractivity contribution in [1.29, 1.82) is 0 Å². The Morgan fingerprint density at radius 3 is 2.38 bits per heavy atom. The molecule has 0 N–H and O–H groups in total. The van der Waals surface area contributed by atoms with Crippen LogP contribution in [0.3, 0.4) is 0 Å². The van der Waals surface area contributed by atoms with Crippen molar-refractivity contribution < 1.29 is 18.0 Å². The molecule has 0 fully saturated rings. The molecule has 21 heavy (non-hydrogen) atoms. The molecule has 1 aromatic heterocycles. The molecular weight excluding hydrogens is 281 g/mol. The fraction of sp³-hybridized carbons (Fsp3) is 0.200. The molecular formula is C15H13F3N2O. The Morgan fingerprint density at radius 1 is 1.19 bits per heavy atom. The third kappa shape index (κ3) is 3.81. The minimum atomic E-state index is -2.70. The number of nitrogens with zero attached hydrogens (tertiary/aromatic N) is 2. The van der Waals surface area contributed by atoms with Crippen LogP contribution in [0, 0.1) is 12.7 Å². The number of hydrogen-bond donors (Lipinski definition) is 0. The number of rotatable bonds is 4. The minimum absolute atomic E-state index is 0.200. The molecule has 0 aliphatic rings. The fourth-order valence-electron chi connectivity index (χ4n) is 1.81. The van der Waals surface area contributed by atoms with Gasteiger partial charge in [0.15, 0.2) is 0 Å². The summed E-state index contributed by atoms with van der Waals surface area (Å²) < 4.78 is 38.3.